The van der Waals surface area contributed by atoms with E-state index in [9.17, 15) is 23.1 Å². The number of nitrogens with one attached hydrogen (secondary N) is 1. The number of nitrogens with zero attached hydrogens (tertiary/aromatic N) is 2. The zero-order valence-corrected chi connectivity index (χ0v) is 15.9. The first-order valence-electron chi connectivity index (χ1n) is 9.30. The molecule has 152 valence electrons. The molecular formula is C20H24F3N3O2. The molecule has 1 aromatic heterocycles. The number of carbonyl (C=O) groups is 1. The van der Waals surface area contributed by atoms with Crippen LogP contribution in [0.5, 0.6) is 0 Å². The molecule has 5 nitrogen and oxygen atoms in total. The highest BCUT2D eigenvalue weighted by atomic mass is 19.4. The van der Waals surface area contributed by atoms with Crippen molar-refractivity contribution in [1.29, 1.82) is 0 Å². The summed E-state index contributed by atoms with van der Waals surface area (Å²) in [6.45, 7) is 1.72. The van der Waals surface area contributed by atoms with Gasteiger partial charge in [0.25, 0.3) is 0 Å². The van der Waals surface area contributed by atoms with Crippen LogP contribution in [-0.4, -0.2) is 26.7 Å². The number of fused-ring (bicyclic) bond motifs is 1. The van der Waals surface area contributed by atoms with Gasteiger partial charge in [-0.1, -0.05) is 18.2 Å². The second-order valence-electron chi connectivity index (χ2n) is 7.42. The van der Waals surface area contributed by atoms with Gasteiger partial charge in [0.15, 0.2) is 5.82 Å². The Hall–Kier alpha value is -2.35. The van der Waals surface area contributed by atoms with E-state index < -0.39 is 36.0 Å². The van der Waals surface area contributed by atoms with Gasteiger partial charge in [0, 0.05) is 19.4 Å². The average molecular weight is 395 g/mol. The lowest BCUT2D eigenvalue weighted by Gasteiger charge is -2.30. The highest BCUT2D eigenvalue weighted by Gasteiger charge is 2.58. The lowest BCUT2D eigenvalue weighted by atomic mass is 9.89. The number of amides is 1. The van der Waals surface area contributed by atoms with Crippen LogP contribution in [0.1, 0.15) is 54.7 Å². The first-order valence-corrected chi connectivity index (χ1v) is 9.30. The van der Waals surface area contributed by atoms with Gasteiger partial charge in [0.05, 0.1) is 12.5 Å². The van der Waals surface area contributed by atoms with Gasteiger partial charge in [0.2, 0.25) is 11.5 Å². The predicted molar refractivity (Wildman–Crippen MR) is 97.4 cm³/mol. The minimum atomic E-state index is -5.04. The highest BCUT2D eigenvalue weighted by molar-refractivity contribution is 5.77. The molecule has 0 aliphatic heterocycles. The Labute approximate surface area is 161 Å². The van der Waals surface area contributed by atoms with Crippen LogP contribution in [0.25, 0.3) is 0 Å². The second kappa shape index (κ2) is 7.58. The smallest absolute Gasteiger partial charge is 0.374 e. The fraction of sp³-hybridized carbons (Fsp3) is 0.500. The number of aromatic nitrogens is 2. The van der Waals surface area contributed by atoms with Gasteiger partial charge in [0.1, 0.15) is 0 Å². The number of hydrogen-bond donors (Lipinski definition) is 2. The van der Waals surface area contributed by atoms with E-state index in [0.717, 1.165) is 42.0 Å². The third-order valence-corrected chi connectivity index (χ3v) is 5.33. The molecule has 1 aliphatic rings. The summed E-state index contributed by atoms with van der Waals surface area (Å²) in [5.41, 5.74) is -0.00814. The molecule has 0 unspecified atom stereocenters. The highest BCUT2D eigenvalue weighted by Crippen LogP contribution is 2.40. The molecular weight excluding hydrogens is 371 g/mol. The van der Waals surface area contributed by atoms with E-state index in [4.69, 9.17) is 0 Å². The number of imidazole rings is 1. The molecule has 3 rings (SSSR count). The fourth-order valence-electron chi connectivity index (χ4n) is 3.70. The van der Waals surface area contributed by atoms with Crippen molar-refractivity contribution < 1.29 is 23.1 Å². The van der Waals surface area contributed by atoms with Crippen LogP contribution in [0.4, 0.5) is 13.2 Å². The van der Waals surface area contributed by atoms with Crippen molar-refractivity contribution in [3.63, 3.8) is 0 Å². The molecule has 0 saturated heterocycles. The van der Waals surface area contributed by atoms with Crippen molar-refractivity contribution in [2.75, 3.05) is 0 Å². The molecule has 2 atom stereocenters. The first kappa shape index (κ1) is 20.4. The molecule has 28 heavy (non-hydrogen) atoms. The molecule has 1 aliphatic carbocycles. The minimum absolute atomic E-state index is 0.474. The maximum absolute atomic E-state index is 13.6. The Balaban J connectivity index is 1.75. The molecule has 0 spiro atoms. The van der Waals surface area contributed by atoms with Crippen molar-refractivity contribution in [2.24, 2.45) is 7.05 Å². The molecule has 1 amide bonds. The molecule has 8 heteroatoms. The number of carbonyl (C=O) groups excluding carboxylic acids is 1. The van der Waals surface area contributed by atoms with Gasteiger partial charge in [-0.3, -0.25) is 4.79 Å². The van der Waals surface area contributed by atoms with Crippen LogP contribution >= 0.6 is 0 Å². The van der Waals surface area contributed by atoms with Crippen LogP contribution in [0.2, 0.25) is 0 Å². The summed E-state index contributed by atoms with van der Waals surface area (Å²) in [5.74, 6) is -1.51. The third-order valence-electron chi connectivity index (χ3n) is 5.33. The van der Waals surface area contributed by atoms with Crippen molar-refractivity contribution in [1.82, 2.24) is 14.9 Å². The zero-order chi connectivity index (χ0) is 20.5. The second-order valence-corrected chi connectivity index (χ2v) is 7.42. The van der Waals surface area contributed by atoms with Gasteiger partial charge in [-0.25, -0.2) is 4.98 Å². The summed E-state index contributed by atoms with van der Waals surface area (Å²) in [4.78, 5) is 16.0. The van der Waals surface area contributed by atoms with Crippen molar-refractivity contribution >= 4 is 5.91 Å². The Bertz CT molecular complexity index is 863. The van der Waals surface area contributed by atoms with E-state index >= 15 is 0 Å². The number of alkyl halides is 3. The average Bonchev–Trinajstić information content (AvgIpc) is 3.06. The number of hydrogen-bond acceptors (Lipinski definition) is 3. The lowest BCUT2D eigenvalue weighted by molar-refractivity contribution is -0.271. The van der Waals surface area contributed by atoms with E-state index in [1.807, 2.05) is 18.2 Å². The Morgan fingerprint density at radius 2 is 1.96 bits per heavy atom. The maximum atomic E-state index is 13.6. The first-order chi connectivity index (χ1) is 13.1. The normalized spacial score (nSPS) is 17.5. The van der Waals surface area contributed by atoms with Crippen molar-refractivity contribution in [3.8, 4) is 0 Å². The lowest BCUT2D eigenvalue weighted by Crippen LogP contribution is -2.48. The minimum Gasteiger partial charge on any atom is -0.374 e. The van der Waals surface area contributed by atoms with Gasteiger partial charge in [-0.05, 0) is 49.3 Å². The summed E-state index contributed by atoms with van der Waals surface area (Å²) in [6, 6.07) is 5.45. The predicted octanol–water partition coefficient (Wildman–Crippen LogP) is 3.32. The van der Waals surface area contributed by atoms with Crippen LogP contribution in [0.15, 0.2) is 30.6 Å². The standard InChI is InChI=1S/C20H24F3N3O2/c1-13(15-8-7-14-5-3-4-6-16(14)11-15)25-17(27)12-19(28,20(21,22)23)18-24-9-10-26(18)2/h7-11,13,28H,3-6,12H2,1-2H3,(H,25,27)/t13-,19-/m0/s1. The number of aliphatic hydroxyl groups is 1. The summed E-state index contributed by atoms with van der Waals surface area (Å²) in [6.07, 6.45) is 0.505. The van der Waals surface area contributed by atoms with Gasteiger partial charge < -0.3 is 15.0 Å². The Morgan fingerprint density at radius 3 is 2.57 bits per heavy atom. The van der Waals surface area contributed by atoms with Crippen molar-refractivity contribution in [2.45, 2.75) is 56.8 Å². The molecule has 0 saturated carbocycles. The molecule has 2 aromatic rings. The molecule has 1 aromatic carbocycles. The van der Waals surface area contributed by atoms with E-state index in [2.05, 4.69) is 10.3 Å². The van der Waals surface area contributed by atoms with E-state index in [-0.39, 0.29) is 0 Å². The number of aryl methyl sites for hydroxylation is 3. The molecule has 0 radical (unpaired) electrons. The molecule has 0 bridgehead atoms. The number of halogens is 3. The molecule has 0 fully saturated rings. The Morgan fingerprint density at radius 1 is 1.29 bits per heavy atom. The molecule has 1 heterocycles. The van der Waals surface area contributed by atoms with Gasteiger partial charge in [-0.2, -0.15) is 13.2 Å². The topological polar surface area (TPSA) is 67.2 Å². The summed E-state index contributed by atoms with van der Waals surface area (Å²) in [7, 11) is 1.34. The largest absolute Gasteiger partial charge is 0.425 e. The third kappa shape index (κ3) is 3.92. The van der Waals surface area contributed by atoms with Crippen LogP contribution in [0, 0.1) is 0 Å². The van der Waals surface area contributed by atoms with Crippen molar-refractivity contribution in [3.05, 3.63) is 53.1 Å². The quantitative estimate of drug-likeness (QED) is 0.816. The summed E-state index contributed by atoms with van der Waals surface area (Å²) < 4.78 is 41.8. The van der Waals surface area contributed by atoms with Crippen LogP contribution in [-0.2, 0) is 30.3 Å². The summed E-state index contributed by atoms with van der Waals surface area (Å²) in [5, 5.41) is 12.9. The van der Waals surface area contributed by atoms with Crippen LogP contribution in [0.3, 0.4) is 0 Å². The maximum Gasteiger partial charge on any atom is 0.425 e. The fourth-order valence-corrected chi connectivity index (χ4v) is 3.70. The van der Waals surface area contributed by atoms with E-state index in [1.165, 1.54) is 24.4 Å². The SMILES string of the molecule is C[C@H](NC(=O)C[C@](O)(c1nccn1C)C(F)(F)F)c1ccc2c(c1)CCCC2. The van der Waals surface area contributed by atoms with E-state index in [0.29, 0.717) is 0 Å². The number of benzene rings is 1. The Kier molecular flexibility index (Phi) is 5.52. The van der Waals surface area contributed by atoms with E-state index in [1.54, 1.807) is 6.92 Å². The van der Waals surface area contributed by atoms with Gasteiger partial charge in [-0.15, -0.1) is 0 Å². The zero-order valence-electron chi connectivity index (χ0n) is 15.9. The number of rotatable bonds is 5. The summed E-state index contributed by atoms with van der Waals surface area (Å²) >= 11 is 0. The molecule has 2 N–H and O–H groups in total. The monoisotopic (exact) mass is 395 g/mol. The van der Waals surface area contributed by atoms with Crippen LogP contribution < -0.4 is 5.32 Å². The van der Waals surface area contributed by atoms with Gasteiger partial charge >= 0.3 is 6.18 Å².